The number of hydrogen-bond acceptors (Lipinski definition) is 3. The number of benzene rings is 1. The Labute approximate surface area is 123 Å². The minimum atomic E-state index is -4.62. The molecule has 0 unspecified atom stereocenters. The molecule has 2 aromatic rings. The average molecular weight is 337 g/mol. The highest BCUT2D eigenvalue weighted by atomic mass is 35.5. The molecule has 0 aliphatic rings. The van der Waals surface area contributed by atoms with E-state index < -0.39 is 26.7 Å². The monoisotopic (exact) mass is 336 g/mol. The first-order valence-corrected chi connectivity index (χ1v) is 7.36. The number of alkyl halides is 3. The number of rotatable bonds is 3. The third kappa shape index (κ3) is 3.85. The van der Waals surface area contributed by atoms with E-state index in [1.54, 1.807) is 0 Å². The van der Waals surface area contributed by atoms with Gasteiger partial charge >= 0.3 is 6.18 Å². The van der Waals surface area contributed by atoms with E-state index in [4.69, 9.17) is 11.6 Å². The number of hydrogen-bond donors (Lipinski definition) is 1. The van der Waals surface area contributed by atoms with Crippen molar-refractivity contribution in [3.8, 4) is 0 Å². The summed E-state index contributed by atoms with van der Waals surface area (Å²) >= 11 is 5.56. The summed E-state index contributed by atoms with van der Waals surface area (Å²) in [5, 5.41) is 0.164. The summed E-state index contributed by atoms with van der Waals surface area (Å²) < 4.78 is 63.9. The summed E-state index contributed by atoms with van der Waals surface area (Å²) in [5.74, 6) is 0. The maximum Gasteiger partial charge on any atom is 0.416 e. The Kier molecular flexibility index (Phi) is 4.11. The molecule has 1 aromatic carbocycles. The molecule has 9 heteroatoms. The summed E-state index contributed by atoms with van der Waals surface area (Å²) in [6.45, 7) is 0. The van der Waals surface area contributed by atoms with Crippen molar-refractivity contribution in [2.24, 2.45) is 0 Å². The standard InChI is InChI=1S/C12H8ClF3N2O2S/c13-11-5-4-9(7-17-11)18-21(19,20)10-3-1-2-8(6-10)12(14,15)16/h1-7,18H. The van der Waals surface area contributed by atoms with Gasteiger partial charge in [-0.05, 0) is 30.3 Å². The molecule has 0 radical (unpaired) electrons. The van der Waals surface area contributed by atoms with Gasteiger partial charge in [0.15, 0.2) is 0 Å². The van der Waals surface area contributed by atoms with E-state index in [1.165, 1.54) is 12.1 Å². The molecule has 2 rings (SSSR count). The predicted molar refractivity (Wildman–Crippen MR) is 71.5 cm³/mol. The first-order valence-electron chi connectivity index (χ1n) is 5.50. The van der Waals surface area contributed by atoms with Gasteiger partial charge in [-0.1, -0.05) is 17.7 Å². The Balaban J connectivity index is 2.34. The molecule has 4 nitrogen and oxygen atoms in total. The molecule has 0 atom stereocenters. The fourth-order valence-electron chi connectivity index (χ4n) is 1.49. The highest BCUT2D eigenvalue weighted by Gasteiger charge is 2.31. The van der Waals surface area contributed by atoms with Gasteiger partial charge in [-0.3, -0.25) is 4.72 Å². The van der Waals surface area contributed by atoms with Crippen LogP contribution in [0.3, 0.4) is 0 Å². The quantitative estimate of drug-likeness (QED) is 0.872. The molecule has 0 amide bonds. The largest absolute Gasteiger partial charge is 0.416 e. The number of nitrogens with zero attached hydrogens (tertiary/aromatic N) is 1. The normalized spacial score (nSPS) is 12.2. The SMILES string of the molecule is O=S(=O)(Nc1ccc(Cl)nc1)c1cccc(C(F)(F)F)c1. The van der Waals surface area contributed by atoms with Crippen LogP contribution in [0.4, 0.5) is 18.9 Å². The Hall–Kier alpha value is -1.80. The maximum absolute atomic E-state index is 12.6. The zero-order chi connectivity index (χ0) is 15.7. The van der Waals surface area contributed by atoms with Gasteiger partial charge in [-0.2, -0.15) is 13.2 Å². The van der Waals surface area contributed by atoms with E-state index >= 15 is 0 Å². The van der Waals surface area contributed by atoms with Gasteiger partial charge in [0, 0.05) is 0 Å². The van der Waals surface area contributed by atoms with Crippen LogP contribution in [0.2, 0.25) is 5.15 Å². The Morgan fingerprint density at radius 2 is 1.86 bits per heavy atom. The molecule has 1 heterocycles. The van der Waals surface area contributed by atoms with Crippen LogP contribution in [0.5, 0.6) is 0 Å². The van der Waals surface area contributed by atoms with Crippen molar-refractivity contribution >= 4 is 27.3 Å². The Morgan fingerprint density at radius 1 is 1.14 bits per heavy atom. The van der Waals surface area contributed by atoms with Crippen molar-refractivity contribution in [2.45, 2.75) is 11.1 Å². The van der Waals surface area contributed by atoms with Crippen molar-refractivity contribution in [3.63, 3.8) is 0 Å². The van der Waals surface area contributed by atoms with E-state index in [2.05, 4.69) is 9.71 Å². The minimum Gasteiger partial charge on any atom is -0.278 e. The summed E-state index contributed by atoms with van der Waals surface area (Å²) in [5.41, 5.74) is -0.948. The van der Waals surface area contributed by atoms with Crippen LogP contribution in [-0.2, 0) is 16.2 Å². The fourth-order valence-corrected chi connectivity index (χ4v) is 2.69. The first kappa shape index (κ1) is 15.6. The van der Waals surface area contributed by atoms with Crippen molar-refractivity contribution in [3.05, 3.63) is 53.3 Å². The summed E-state index contributed by atoms with van der Waals surface area (Å²) in [4.78, 5) is 3.18. The number of pyridine rings is 1. The van der Waals surface area contributed by atoms with E-state index in [-0.39, 0.29) is 10.8 Å². The summed E-state index contributed by atoms with van der Waals surface area (Å²) in [6, 6.07) is 6.15. The second-order valence-electron chi connectivity index (χ2n) is 4.00. The second kappa shape index (κ2) is 5.53. The van der Waals surface area contributed by atoms with Crippen LogP contribution in [0.15, 0.2) is 47.5 Å². The molecule has 0 saturated carbocycles. The molecular weight excluding hydrogens is 329 g/mol. The third-order valence-electron chi connectivity index (χ3n) is 2.45. The van der Waals surface area contributed by atoms with Crippen molar-refractivity contribution in [1.82, 2.24) is 4.98 Å². The zero-order valence-corrected chi connectivity index (χ0v) is 11.8. The molecule has 21 heavy (non-hydrogen) atoms. The predicted octanol–water partition coefficient (Wildman–Crippen LogP) is 3.55. The minimum absolute atomic E-state index is 0.0943. The molecule has 0 aliphatic carbocycles. The van der Waals surface area contributed by atoms with Crippen LogP contribution < -0.4 is 4.72 Å². The summed E-state index contributed by atoms with van der Waals surface area (Å²) in [6.07, 6.45) is -3.46. The number of sulfonamides is 1. The average Bonchev–Trinajstić information content (AvgIpc) is 2.40. The van der Waals surface area contributed by atoms with Crippen LogP contribution in [0, 0.1) is 0 Å². The molecular formula is C12H8ClF3N2O2S. The molecule has 0 aliphatic heterocycles. The number of anilines is 1. The Morgan fingerprint density at radius 3 is 2.43 bits per heavy atom. The molecule has 112 valence electrons. The highest BCUT2D eigenvalue weighted by Crippen LogP contribution is 2.30. The number of aromatic nitrogens is 1. The van der Waals surface area contributed by atoms with Crippen molar-refractivity contribution in [2.75, 3.05) is 4.72 Å². The van der Waals surface area contributed by atoms with Crippen LogP contribution >= 0.6 is 11.6 Å². The zero-order valence-electron chi connectivity index (χ0n) is 10.2. The van der Waals surface area contributed by atoms with Crippen LogP contribution in [0.1, 0.15) is 5.56 Å². The molecule has 0 spiro atoms. The van der Waals surface area contributed by atoms with Gasteiger partial charge in [0.1, 0.15) is 5.15 Å². The molecule has 0 saturated heterocycles. The molecule has 1 N–H and O–H groups in total. The fraction of sp³-hybridized carbons (Fsp3) is 0.0833. The smallest absolute Gasteiger partial charge is 0.278 e. The lowest BCUT2D eigenvalue weighted by Crippen LogP contribution is -2.14. The summed E-state index contributed by atoms with van der Waals surface area (Å²) in [7, 11) is -4.14. The van der Waals surface area contributed by atoms with Gasteiger partial charge in [-0.15, -0.1) is 0 Å². The van der Waals surface area contributed by atoms with Gasteiger partial charge in [-0.25, -0.2) is 13.4 Å². The van der Waals surface area contributed by atoms with Gasteiger partial charge < -0.3 is 0 Å². The van der Waals surface area contributed by atoms with Crippen molar-refractivity contribution in [1.29, 1.82) is 0 Å². The van der Waals surface area contributed by atoms with E-state index in [1.807, 2.05) is 0 Å². The molecule has 0 fully saturated rings. The first-order chi connectivity index (χ1) is 9.68. The van der Waals surface area contributed by atoms with Gasteiger partial charge in [0.25, 0.3) is 10.0 Å². The lowest BCUT2D eigenvalue weighted by molar-refractivity contribution is -0.137. The van der Waals surface area contributed by atoms with E-state index in [9.17, 15) is 21.6 Å². The van der Waals surface area contributed by atoms with Gasteiger partial charge in [0.05, 0.1) is 22.3 Å². The Bertz CT molecular complexity index is 746. The highest BCUT2D eigenvalue weighted by molar-refractivity contribution is 7.92. The lowest BCUT2D eigenvalue weighted by atomic mass is 10.2. The number of halogens is 4. The second-order valence-corrected chi connectivity index (χ2v) is 6.07. The maximum atomic E-state index is 12.6. The van der Waals surface area contributed by atoms with Crippen LogP contribution in [0.25, 0.3) is 0 Å². The van der Waals surface area contributed by atoms with Crippen molar-refractivity contribution < 1.29 is 21.6 Å². The molecule has 0 bridgehead atoms. The number of nitrogens with one attached hydrogen (secondary N) is 1. The topological polar surface area (TPSA) is 59.1 Å². The molecule has 1 aromatic heterocycles. The lowest BCUT2D eigenvalue weighted by Gasteiger charge is -2.10. The van der Waals surface area contributed by atoms with E-state index in [0.29, 0.717) is 6.07 Å². The van der Waals surface area contributed by atoms with E-state index in [0.717, 1.165) is 24.4 Å². The third-order valence-corrected chi connectivity index (χ3v) is 4.05. The van der Waals surface area contributed by atoms with Gasteiger partial charge in [0.2, 0.25) is 0 Å². The van der Waals surface area contributed by atoms with Crippen LogP contribution in [-0.4, -0.2) is 13.4 Å².